The molecule has 0 aliphatic heterocycles. The summed E-state index contributed by atoms with van der Waals surface area (Å²) in [7, 11) is 0. The molecule has 3 fully saturated rings. The summed E-state index contributed by atoms with van der Waals surface area (Å²) < 4.78 is 6.25. The minimum Gasteiger partial charge on any atom is -0.361 e. The highest BCUT2D eigenvalue weighted by Crippen LogP contribution is 2.64. The van der Waals surface area contributed by atoms with Crippen molar-refractivity contribution >= 4 is 11.6 Å². The molecule has 6 atom stereocenters. The monoisotopic (exact) mass is 368 g/mol. The third-order valence-corrected chi connectivity index (χ3v) is 8.32. The van der Waals surface area contributed by atoms with E-state index in [1.807, 2.05) is 13.0 Å². The lowest BCUT2D eigenvalue weighted by Gasteiger charge is -2.58. The third kappa shape index (κ3) is 2.92. The van der Waals surface area contributed by atoms with Gasteiger partial charge in [-0.2, -0.15) is 0 Å². The second-order valence-electron chi connectivity index (χ2n) is 9.52. The first kappa shape index (κ1) is 18.9. The molecular weight excluding hydrogens is 336 g/mol. The fraction of sp³-hybridized carbons (Fsp3) is 0.750. The van der Waals surface area contributed by atoms with Crippen molar-refractivity contribution in [2.45, 2.75) is 78.2 Å². The summed E-state index contributed by atoms with van der Waals surface area (Å²) in [5, 5.41) is 0. The second kappa shape index (κ2) is 6.89. The Morgan fingerprint density at radius 3 is 2.63 bits per heavy atom. The molecule has 0 saturated heterocycles. The molecule has 4 aliphatic carbocycles. The van der Waals surface area contributed by atoms with Crippen molar-refractivity contribution in [3.05, 3.63) is 11.6 Å². The Labute approximate surface area is 163 Å². The van der Waals surface area contributed by atoms with E-state index in [1.165, 1.54) is 5.57 Å². The van der Waals surface area contributed by atoms with Gasteiger partial charge in [0, 0.05) is 24.7 Å². The first-order valence-electron chi connectivity index (χ1n) is 10.8. The summed E-state index contributed by atoms with van der Waals surface area (Å²) in [5.41, 5.74) is 1.12. The van der Waals surface area contributed by atoms with E-state index in [-0.39, 0.29) is 22.7 Å². The summed E-state index contributed by atoms with van der Waals surface area (Å²) in [5.74, 6) is 8.46. The van der Waals surface area contributed by atoms with Crippen molar-refractivity contribution in [1.82, 2.24) is 0 Å². The molecule has 0 aromatic carbocycles. The molecule has 4 rings (SSSR count). The molecule has 0 heterocycles. The Balaban J connectivity index is 1.67. The van der Waals surface area contributed by atoms with E-state index in [9.17, 15) is 9.59 Å². The molecule has 6 unspecified atom stereocenters. The fourth-order valence-corrected chi connectivity index (χ4v) is 6.83. The second-order valence-corrected chi connectivity index (χ2v) is 9.52. The van der Waals surface area contributed by atoms with Gasteiger partial charge in [0.15, 0.2) is 5.78 Å². The third-order valence-electron chi connectivity index (χ3n) is 8.32. The molecule has 0 bridgehead atoms. The first-order valence-corrected chi connectivity index (χ1v) is 10.8. The zero-order chi connectivity index (χ0) is 19.2. The lowest BCUT2D eigenvalue weighted by atomic mass is 9.47. The van der Waals surface area contributed by atoms with E-state index < -0.39 is 0 Å². The van der Waals surface area contributed by atoms with Crippen LogP contribution < -0.4 is 0 Å². The van der Waals surface area contributed by atoms with Gasteiger partial charge in [0.25, 0.3) is 0 Å². The van der Waals surface area contributed by atoms with Gasteiger partial charge in [-0.3, -0.25) is 9.59 Å². The van der Waals surface area contributed by atoms with Crippen LogP contribution in [0.25, 0.3) is 0 Å². The molecule has 0 N–H and O–H groups in total. The van der Waals surface area contributed by atoms with E-state index in [2.05, 4.69) is 25.7 Å². The van der Waals surface area contributed by atoms with E-state index in [4.69, 9.17) is 4.74 Å². The molecule has 27 heavy (non-hydrogen) atoms. The maximum absolute atomic E-state index is 12.6. The van der Waals surface area contributed by atoms with Gasteiger partial charge in [0.2, 0.25) is 0 Å². The molecule has 0 amide bonds. The minimum absolute atomic E-state index is 0.0234. The van der Waals surface area contributed by atoms with Gasteiger partial charge in [-0.15, -0.1) is 5.92 Å². The molecule has 0 spiro atoms. The van der Waals surface area contributed by atoms with Crippen LogP contribution in [0.2, 0.25) is 0 Å². The van der Waals surface area contributed by atoms with Gasteiger partial charge in [0.1, 0.15) is 12.4 Å². The number of hydrogen-bond donors (Lipinski definition) is 0. The van der Waals surface area contributed by atoms with Crippen LogP contribution in [0.15, 0.2) is 11.6 Å². The summed E-state index contributed by atoms with van der Waals surface area (Å²) in [6.07, 6.45) is 9.12. The summed E-state index contributed by atoms with van der Waals surface area (Å²) in [6.45, 7) is 7.04. The maximum atomic E-state index is 12.6. The Hall–Kier alpha value is -1.40. The molecule has 3 saturated carbocycles. The van der Waals surface area contributed by atoms with Crippen LogP contribution in [0.3, 0.4) is 0 Å². The van der Waals surface area contributed by atoms with E-state index >= 15 is 0 Å². The predicted molar refractivity (Wildman–Crippen MR) is 105 cm³/mol. The molecule has 0 aromatic heterocycles. The Bertz CT molecular complexity index is 738. The lowest BCUT2D eigenvalue weighted by Crippen LogP contribution is -2.54. The first-order chi connectivity index (χ1) is 12.9. The van der Waals surface area contributed by atoms with Crippen LogP contribution in [0.1, 0.15) is 72.1 Å². The van der Waals surface area contributed by atoms with Crippen molar-refractivity contribution in [2.24, 2.45) is 28.6 Å². The molecule has 3 heteroatoms. The van der Waals surface area contributed by atoms with Gasteiger partial charge in [0.05, 0.1) is 6.10 Å². The zero-order valence-electron chi connectivity index (χ0n) is 17.0. The topological polar surface area (TPSA) is 43.4 Å². The fourth-order valence-electron chi connectivity index (χ4n) is 6.83. The van der Waals surface area contributed by atoms with Crippen LogP contribution in [0.5, 0.6) is 0 Å². The normalized spacial score (nSPS) is 43.1. The van der Waals surface area contributed by atoms with E-state index in [0.29, 0.717) is 36.6 Å². The average molecular weight is 369 g/mol. The van der Waals surface area contributed by atoms with Crippen LogP contribution >= 0.6 is 0 Å². The summed E-state index contributed by atoms with van der Waals surface area (Å²) in [6, 6.07) is 0. The largest absolute Gasteiger partial charge is 0.361 e. The van der Waals surface area contributed by atoms with Crippen molar-refractivity contribution in [3.63, 3.8) is 0 Å². The summed E-state index contributed by atoms with van der Waals surface area (Å²) >= 11 is 0. The quantitative estimate of drug-likeness (QED) is 0.674. The number of carbonyl (C=O) groups excluding carboxylic acids is 2. The molecular formula is C24H32O3. The van der Waals surface area contributed by atoms with Crippen molar-refractivity contribution in [1.29, 1.82) is 0 Å². The number of rotatable bonds is 2. The highest BCUT2D eigenvalue weighted by molar-refractivity contribution is 5.92. The van der Waals surface area contributed by atoms with Crippen molar-refractivity contribution < 1.29 is 14.3 Å². The van der Waals surface area contributed by atoms with E-state index in [1.54, 1.807) is 0 Å². The molecule has 0 aromatic rings. The average Bonchev–Trinajstić information content (AvgIpc) is 2.95. The number of carbonyl (C=O) groups is 2. The number of Topliss-reactive ketones (excluding diaryl/α,β-unsaturated/α-hetero) is 1. The maximum Gasteiger partial charge on any atom is 0.155 e. The van der Waals surface area contributed by atoms with Crippen LogP contribution in [-0.4, -0.2) is 24.3 Å². The highest BCUT2D eigenvalue weighted by Gasteiger charge is 2.60. The van der Waals surface area contributed by atoms with Crippen molar-refractivity contribution in [3.8, 4) is 11.8 Å². The van der Waals surface area contributed by atoms with Crippen molar-refractivity contribution in [2.75, 3.05) is 6.61 Å². The van der Waals surface area contributed by atoms with Gasteiger partial charge in [-0.25, -0.2) is 0 Å². The number of ketones is 2. The Morgan fingerprint density at radius 2 is 1.85 bits per heavy atom. The standard InChI is InChI=1S/C24H32O3/c1-4-5-6-13-27-21-15-17-18-7-8-22(26)24(18,3)12-10-19(17)23(2)11-9-16(25)14-20(21)23/h14,17-19,21H,4,7-13,15H2,1-3H3. The van der Waals surface area contributed by atoms with Gasteiger partial charge in [-0.1, -0.05) is 26.7 Å². The predicted octanol–water partition coefficient (Wildman–Crippen LogP) is 4.50. The number of fused-ring (bicyclic) bond motifs is 5. The molecule has 4 aliphatic rings. The highest BCUT2D eigenvalue weighted by atomic mass is 16.5. The smallest absolute Gasteiger partial charge is 0.155 e. The van der Waals surface area contributed by atoms with Gasteiger partial charge in [-0.05, 0) is 66.9 Å². The molecule has 3 nitrogen and oxygen atoms in total. The van der Waals surface area contributed by atoms with E-state index in [0.717, 1.165) is 44.9 Å². The number of ether oxygens (including phenoxy) is 1. The summed E-state index contributed by atoms with van der Waals surface area (Å²) in [4.78, 5) is 24.8. The Kier molecular flexibility index (Phi) is 4.83. The van der Waals surface area contributed by atoms with Gasteiger partial charge >= 0.3 is 0 Å². The van der Waals surface area contributed by atoms with Crippen LogP contribution in [0.4, 0.5) is 0 Å². The zero-order valence-corrected chi connectivity index (χ0v) is 17.0. The van der Waals surface area contributed by atoms with Crippen LogP contribution in [-0.2, 0) is 14.3 Å². The Morgan fingerprint density at radius 1 is 1.07 bits per heavy atom. The lowest BCUT2D eigenvalue weighted by molar-refractivity contribution is -0.135. The van der Waals surface area contributed by atoms with Gasteiger partial charge < -0.3 is 4.74 Å². The van der Waals surface area contributed by atoms with Crippen LogP contribution in [0, 0.1) is 40.4 Å². The minimum atomic E-state index is -0.129. The SMILES string of the molecule is CCC#CCOC1CC2C3CCC(=O)C3(C)CCC2C2(C)CCC(=O)C=C12. The number of hydrogen-bond acceptors (Lipinski definition) is 3. The molecule has 146 valence electrons. The molecule has 0 radical (unpaired) electrons.